The summed E-state index contributed by atoms with van der Waals surface area (Å²) >= 11 is 0. The van der Waals surface area contributed by atoms with Crippen LogP contribution in [-0.4, -0.2) is 18.0 Å². The normalized spacial score (nSPS) is 12.0. The predicted octanol–water partition coefficient (Wildman–Crippen LogP) is 4.05. The lowest BCUT2D eigenvalue weighted by Gasteiger charge is -2.18. The van der Waals surface area contributed by atoms with Gasteiger partial charge in [0, 0.05) is 29.8 Å². The highest BCUT2D eigenvalue weighted by Gasteiger charge is 2.11. The van der Waals surface area contributed by atoms with Gasteiger partial charge in [-0.3, -0.25) is 4.79 Å². The smallest absolute Gasteiger partial charge is 0.251 e. The summed E-state index contributed by atoms with van der Waals surface area (Å²) in [6.45, 7) is 12.3. The van der Waals surface area contributed by atoms with E-state index < -0.39 is 0 Å². The summed E-state index contributed by atoms with van der Waals surface area (Å²) in [5.41, 5.74) is 2.97. The Morgan fingerprint density at radius 2 is 1.77 bits per heavy atom. The van der Waals surface area contributed by atoms with E-state index in [2.05, 4.69) is 50.1 Å². The number of amides is 1. The molecule has 1 unspecified atom stereocenters. The van der Waals surface area contributed by atoms with Gasteiger partial charge in [-0.1, -0.05) is 32.1 Å². The van der Waals surface area contributed by atoms with Crippen LogP contribution in [0.1, 0.15) is 62.9 Å². The summed E-state index contributed by atoms with van der Waals surface area (Å²) in [6, 6.07) is 8.35. The highest BCUT2D eigenvalue weighted by molar-refractivity contribution is 5.94. The van der Waals surface area contributed by atoms with E-state index in [-0.39, 0.29) is 11.9 Å². The third kappa shape index (κ3) is 6.79. The van der Waals surface area contributed by atoms with E-state index in [1.807, 2.05) is 19.1 Å². The van der Waals surface area contributed by atoms with E-state index in [9.17, 15) is 4.79 Å². The van der Waals surface area contributed by atoms with E-state index in [0.29, 0.717) is 6.04 Å². The molecule has 0 radical (unpaired) electrons. The zero-order valence-corrected chi connectivity index (χ0v) is 14.4. The number of benzene rings is 1. The van der Waals surface area contributed by atoms with Gasteiger partial charge in [-0.2, -0.15) is 0 Å². The van der Waals surface area contributed by atoms with E-state index in [1.165, 1.54) is 18.4 Å². The van der Waals surface area contributed by atoms with Crippen LogP contribution in [0.3, 0.4) is 0 Å². The van der Waals surface area contributed by atoms with Crippen molar-refractivity contribution in [3.8, 4) is 0 Å². The quantitative estimate of drug-likeness (QED) is 0.722. The summed E-state index contributed by atoms with van der Waals surface area (Å²) in [7, 11) is 0. The molecule has 0 saturated carbocycles. The number of carbonyl (C=O) groups excluding carboxylic acids is 1. The van der Waals surface area contributed by atoms with Crippen molar-refractivity contribution in [2.24, 2.45) is 0 Å². The summed E-state index contributed by atoms with van der Waals surface area (Å²) in [5, 5.41) is 6.29. The van der Waals surface area contributed by atoms with Crippen molar-refractivity contribution < 1.29 is 4.79 Å². The molecule has 3 heteroatoms. The first-order valence-electron chi connectivity index (χ1n) is 8.26. The Hall–Kier alpha value is -1.77. The summed E-state index contributed by atoms with van der Waals surface area (Å²) in [5.74, 6) is -0.0214. The number of nitrogens with one attached hydrogen (secondary N) is 2. The van der Waals surface area contributed by atoms with Crippen molar-refractivity contribution in [1.82, 2.24) is 10.6 Å². The Kier molecular flexibility index (Phi) is 7.72. The first kappa shape index (κ1) is 18.3. The summed E-state index contributed by atoms with van der Waals surface area (Å²) in [6.07, 6.45) is 4.19. The number of carbonyl (C=O) groups is 1. The molecule has 1 atom stereocenters. The van der Waals surface area contributed by atoms with Gasteiger partial charge in [0.05, 0.1) is 0 Å². The SMILES string of the molecule is C=C(CC(C)NC(=O)c1ccc(CCCC)cc1)NC(C)C. The van der Waals surface area contributed by atoms with Gasteiger partial charge in [-0.05, 0) is 51.3 Å². The molecule has 22 heavy (non-hydrogen) atoms. The average Bonchev–Trinajstić information content (AvgIpc) is 2.44. The molecule has 1 aromatic rings. The fourth-order valence-electron chi connectivity index (χ4n) is 2.40. The molecule has 0 aliphatic rings. The topological polar surface area (TPSA) is 41.1 Å². The van der Waals surface area contributed by atoms with Gasteiger partial charge < -0.3 is 10.6 Å². The van der Waals surface area contributed by atoms with Crippen LogP contribution in [0.4, 0.5) is 0 Å². The Labute approximate surface area is 135 Å². The van der Waals surface area contributed by atoms with E-state index in [1.54, 1.807) is 0 Å². The van der Waals surface area contributed by atoms with Gasteiger partial charge in [0.25, 0.3) is 5.91 Å². The van der Waals surface area contributed by atoms with E-state index in [0.717, 1.165) is 24.1 Å². The maximum Gasteiger partial charge on any atom is 0.251 e. The summed E-state index contributed by atoms with van der Waals surface area (Å²) < 4.78 is 0. The first-order valence-corrected chi connectivity index (χ1v) is 8.26. The molecule has 1 aromatic carbocycles. The fraction of sp³-hybridized carbons (Fsp3) is 0.526. The van der Waals surface area contributed by atoms with Crippen molar-refractivity contribution in [2.45, 2.75) is 65.5 Å². The van der Waals surface area contributed by atoms with Gasteiger partial charge in [0.1, 0.15) is 0 Å². The molecule has 3 nitrogen and oxygen atoms in total. The van der Waals surface area contributed by atoms with Crippen molar-refractivity contribution >= 4 is 5.91 Å². The molecule has 0 saturated heterocycles. The maximum absolute atomic E-state index is 12.2. The minimum atomic E-state index is -0.0214. The van der Waals surface area contributed by atoms with Crippen LogP contribution in [-0.2, 0) is 6.42 Å². The van der Waals surface area contributed by atoms with Crippen LogP contribution in [0.2, 0.25) is 0 Å². The van der Waals surface area contributed by atoms with Crippen LogP contribution in [0.25, 0.3) is 0 Å². The van der Waals surface area contributed by atoms with Gasteiger partial charge in [-0.15, -0.1) is 0 Å². The van der Waals surface area contributed by atoms with Crippen LogP contribution in [0.5, 0.6) is 0 Å². The molecule has 0 aliphatic heterocycles. The molecule has 0 fully saturated rings. The molecular formula is C19H30N2O. The lowest BCUT2D eigenvalue weighted by Crippen LogP contribution is -2.35. The number of unbranched alkanes of at least 4 members (excludes halogenated alkanes) is 1. The second kappa shape index (κ2) is 9.29. The van der Waals surface area contributed by atoms with Gasteiger partial charge in [0.2, 0.25) is 0 Å². The second-order valence-electron chi connectivity index (χ2n) is 6.28. The molecule has 0 aliphatic carbocycles. The number of hydrogen-bond donors (Lipinski definition) is 2. The van der Waals surface area contributed by atoms with Gasteiger partial charge in [0.15, 0.2) is 0 Å². The molecule has 0 bridgehead atoms. The van der Waals surface area contributed by atoms with E-state index in [4.69, 9.17) is 0 Å². The lowest BCUT2D eigenvalue weighted by molar-refractivity contribution is 0.0940. The molecular weight excluding hydrogens is 272 g/mol. The summed E-state index contributed by atoms with van der Waals surface area (Å²) in [4.78, 5) is 12.2. The van der Waals surface area contributed by atoms with Gasteiger partial charge in [-0.25, -0.2) is 0 Å². The number of aryl methyl sites for hydroxylation is 1. The van der Waals surface area contributed by atoms with Crippen molar-refractivity contribution in [2.75, 3.05) is 0 Å². The van der Waals surface area contributed by atoms with E-state index >= 15 is 0 Å². The minimum Gasteiger partial charge on any atom is -0.387 e. The predicted molar refractivity (Wildman–Crippen MR) is 94.0 cm³/mol. The van der Waals surface area contributed by atoms with Crippen molar-refractivity contribution in [3.05, 3.63) is 47.7 Å². The van der Waals surface area contributed by atoms with Crippen LogP contribution >= 0.6 is 0 Å². The van der Waals surface area contributed by atoms with Crippen molar-refractivity contribution in [3.63, 3.8) is 0 Å². The fourth-order valence-corrected chi connectivity index (χ4v) is 2.40. The zero-order valence-electron chi connectivity index (χ0n) is 14.4. The molecule has 122 valence electrons. The zero-order chi connectivity index (χ0) is 16.5. The molecule has 0 heterocycles. The van der Waals surface area contributed by atoms with Crippen LogP contribution < -0.4 is 10.6 Å². The lowest BCUT2D eigenvalue weighted by atomic mass is 10.1. The number of hydrogen-bond acceptors (Lipinski definition) is 2. The third-order valence-corrected chi connectivity index (χ3v) is 3.46. The minimum absolute atomic E-state index is 0.0214. The highest BCUT2D eigenvalue weighted by Crippen LogP contribution is 2.09. The largest absolute Gasteiger partial charge is 0.387 e. The third-order valence-electron chi connectivity index (χ3n) is 3.46. The average molecular weight is 302 g/mol. The second-order valence-corrected chi connectivity index (χ2v) is 6.28. The Bertz CT molecular complexity index is 477. The molecule has 2 N–H and O–H groups in total. The number of rotatable bonds is 9. The molecule has 1 amide bonds. The Morgan fingerprint density at radius 1 is 1.14 bits per heavy atom. The van der Waals surface area contributed by atoms with Crippen LogP contribution in [0.15, 0.2) is 36.5 Å². The monoisotopic (exact) mass is 302 g/mol. The molecule has 0 spiro atoms. The van der Waals surface area contributed by atoms with Crippen LogP contribution in [0, 0.1) is 0 Å². The van der Waals surface area contributed by atoms with Gasteiger partial charge >= 0.3 is 0 Å². The maximum atomic E-state index is 12.2. The highest BCUT2D eigenvalue weighted by atomic mass is 16.1. The molecule has 0 aromatic heterocycles. The Balaban J connectivity index is 2.48. The van der Waals surface area contributed by atoms with Crippen molar-refractivity contribution in [1.29, 1.82) is 0 Å². The Morgan fingerprint density at radius 3 is 2.32 bits per heavy atom. The first-order chi connectivity index (χ1) is 10.4. The molecule has 1 rings (SSSR count). The standard InChI is InChI=1S/C19H30N2O/c1-6-7-8-17-9-11-18(12-10-17)19(22)21-16(5)13-15(4)20-14(2)3/h9-12,14,16,20H,4,6-8,13H2,1-3,5H3,(H,21,22).